The largest absolute Gasteiger partial charge is 0.434 e. The van der Waals surface area contributed by atoms with Crippen molar-refractivity contribution in [2.24, 2.45) is 11.8 Å². The molecule has 12 heteroatoms. The fraction of sp³-hybridized carbons (Fsp3) is 0.458. The minimum atomic E-state index is -4.71. The van der Waals surface area contributed by atoms with E-state index in [0.717, 1.165) is 25.5 Å². The summed E-state index contributed by atoms with van der Waals surface area (Å²) in [6, 6.07) is 4.57. The Morgan fingerprint density at radius 3 is 2.67 bits per heavy atom. The van der Waals surface area contributed by atoms with Crippen LogP contribution in [0.2, 0.25) is 0 Å². The second kappa shape index (κ2) is 8.84. The van der Waals surface area contributed by atoms with Crippen LogP contribution in [0.1, 0.15) is 43.4 Å². The number of halogens is 3. The predicted molar refractivity (Wildman–Crippen MR) is 126 cm³/mol. The summed E-state index contributed by atoms with van der Waals surface area (Å²) in [4.78, 5) is 19.8. The minimum Gasteiger partial charge on any atom is -0.381 e. The van der Waals surface area contributed by atoms with E-state index in [-0.39, 0.29) is 46.2 Å². The molecule has 1 aliphatic carbocycles. The molecule has 3 heterocycles. The molecule has 36 heavy (non-hydrogen) atoms. The van der Waals surface area contributed by atoms with Gasteiger partial charge in [-0.1, -0.05) is 6.07 Å². The maximum absolute atomic E-state index is 13.5. The van der Waals surface area contributed by atoms with E-state index in [1.165, 1.54) is 27.0 Å². The van der Waals surface area contributed by atoms with Crippen LogP contribution in [0.15, 0.2) is 35.5 Å². The maximum atomic E-state index is 13.5. The van der Waals surface area contributed by atoms with E-state index in [4.69, 9.17) is 5.73 Å². The lowest BCUT2D eigenvalue weighted by Crippen LogP contribution is -2.40. The van der Waals surface area contributed by atoms with E-state index in [0.29, 0.717) is 30.5 Å². The van der Waals surface area contributed by atoms with E-state index in [2.05, 4.69) is 9.97 Å². The standard InChI is InChI=1S/C24H26F3N5O3S/c1-14-4-7-17(36(34,35)31-8-2-3-15(12-31)9-20(33)16-5-6-16)10-18(14)19-11-29-23-22(28)30-21(13-32(19)23)24(25,26)27/h4,7,10-11,13,15-16H,2-3,5-6,8-9,12H2,1H3,(H2,28,30). The summed E-state index contributed by atoms with van der Waals surface area (Å²) >= 11 is 0. The van der Waals surface area contributed by atoms with Crippen molar-refractivity contribution < 1.29 is 26.4 Å². The molecule has 2 N–H and O–H groups in total. The number of piperidine rings is 1. The second-order valence-electron chi connectivity index (χ2n) is 9.64. The van der Waals surface area contributed by atoms with E-state index >= 15 is 0 Å². The first-order valence-corrected chi connectivity index (χ1v) is 13.2. The Hall–Kier alpha value is -2.99. The number of Topliss-reactive ketones (excluding diaryl/α,β-unsaturated/α-hetero) is 1. The summed E-state index contributed by atoms with van der Waals surface area (Å²) in [5.41, 5.74) is 5.95. The topological polar surface area (TPSA) is 111 Å². The number of anilines is 1. The van der Waals surface area contributed by atoms with Gasteiger partial charge in [0.1, 0.15) is 5.78 Å². The van der Waals surface area contributed by atoms with Gasteiger partial charge in [-0.15, -0.1) is 0 Å². The molecule has 8 nitrogen and oxygen atoms in total. The summed E-state index contributed by atoms with van der Waals surface area (Å²) in [5.74, 6) is -0.0279. The predicted octanol–water partition coefficient (Wildman–Crippen LogP) is 4.08. The molecular formula is C24H26F3N5O3S. The summed E-state index contributed by atoms with van der Waals surface area (Å²) in [6.45, 7) is 2.37. The third kappa shape index (κ3) is 4.59. The number of aromatic nitrogens is 3. The van der Waals surface area contributed by atoms with Gasteiger partial charge in [-0.05, 0) is 56.2 Å². The Kier molecular flexibility index (Phi) is 6.06. The average Bonchev–Trinajstić information content (AvgIpc) is 3.59. The zero-order valence-electron chi connectivity index (χ0n) is 19.6. The van der Waals surface area contributed by atoms with Crippen molar-refractivity contribution in [2.45, 2.75) is 50.1 Å². The number of alkyl halides is 3. The van der Waals surface area contributed by atoms with Crippen LogP contribution >= 0.6 is 0 Å². The quantitative estimate of drug-likeness (QED) is 0.524. The zero-order valence-corrected chi connectivity index (χ0v) is 20.4. The maximum Gasteiger partial charge on any atom is 0.434 e. The Morgan fingerprint density at radius 1 is 1.22 bits per heavy atom. The van der Waals surface area contributed by atoms with E-state index in [1.807, 2.05) is 0 Å². The van der Waals surface area contributed by atoms with Crippen LogP contribution in [0.25, 0.3) is 16.9 Å². The van der Waals surface area contributed by atoms with Crippen molar-refractivity contribution in [3.05, 3.63) is 41.9 Å². The number of nitrogens with two attached hydrogens (primary N) is 1. The van der Waals surface area contributed by atoms with Gasteiger partial charge >= 0.3 is 6.18 Å². The second-order valence-corrected chi connectivity index (χ2v) is 11.6. The lowest BCUT2D eigenvalue weighted by molar-refractivity contribution is -0.141. The van der Waals surface area contributed by atoms with Gasteiger partial charge in [-0.2, -0.15) is 17.5 Å². The molecule has 0 bridgehead atoms. The highest BCUT2D eigenvalue weighted by atomic mass is 32.2. The molecular weight excluding hydrogens is 495 g/mol. The molecule has 0 amide bonds. The highest BCUT2D eigenvalue weighted by Gasteiger charge is 2.36. The fourth-order valence-electron chi connectivity index (χ4n) is 4.80. The fourth-order valence-corrected chi connectivity index (χ4v) is 6.38. The number of hydrogen-bond donors (Lipinski definition) is 1. The van der Waals surface area contributed by atoms with Crippen LogP contribution in [0.3, 0.4) is 0 Å². The SMILES string of the molecule is Cc1ccc(S(=O)(=O)N2CCCC(CC(=O)C3CC3)C2)cc1-c1cnc2c(N)nc(C(F)(F)F)cn12. The smallest absolute Gasteiger partial charge is 0.381 e. The Labute approximate surface area is 206 Å². The highest BCUT2D eigenvalue weighted by Crippen LogP contribution is 2.36. The van der Waals surface area contributed by atoms with E-state index < -0.39 is 21.9 Å². The molecule has 0 radical (unpaired) electrons. The summed E-state index contributed by atoms with van der Waals surface area (Å²) < 4.78 is 69.7. The third-order valence-electron chi connectivity index (χ3n) is 6.94. The monoisotopic (exact) mass is 521 g/mol. The normalized spacial score (nSPS) is 19.6. The minimum absolute atomic E-state index is 0.0124. The van der Waals surface area contributed by atoms with Crippen molar-refractivity contribution in [2.75, 3.05) is 18.8 Å². The molecule has 2 aliphatic rings. The Morgan fingerprint density at radius 2 is 1.97 bits per heavy atom. The number of fused-ring (bicyclic) bond motifs is 1. The van der Waals surface area contributed by atoms with Gasteiger partial charge in [0.25, 0.3) is 0 Å². The first-order chi connectivity index (χ1) is 16.9. The molecule has 1 unspecified atom stereocenters. The number of ketones is 1. The van der Waals surface area contributed by atoms with Crippen LogP contribution in [0.5, 0.6) is 0 Å². The number of sulfonamides is 1. The number of imidazole rings is 1. The van der Waals surface area contributed by atoms with Gasteiger partial charge in [0.2, 0.25) is 10.0 Å². The molecule has 1 saturated carbocycles. The summed E-state index contributed by atoms with van der Waals surface area (Å²) in [5, 5.41) is 0. The molecule has 1 atom stereocenters. The highest BCUT2D eigenvalue weighted by molar-refractivity contribution is 7.89. The Bertz CT molecular complexity index is 1450. The van der Waals surface area contributed by atoms with Crippen molar-refractivity contribution in [3.8, 4) is 11.3 Å². The van der Waals surface area contributed by atoms with Crippen molar-refractivity contribution in [1.29, 1.82) is 0 Å². The first-order valence-electron chi connectivity index (χ1n) is 11.8. The van der Waals surface area contributed by atoms with Crippen LogP contribution < -0.4 is 5.73 Å². The number of nitrogens with zero attached hydrogens (tertiary/aromatic N) is 4. The van der Waals surface area contributed by atoms with Gasteiger partial charge < -0.3 is 5.73 Å². The van der Waals surface area contributed by atoms with E-state index in [9.17, 15) is 26.4 Å². The molecule has 2 fully saturated rings. The van der Waals surface area contributed by atoms with Crippen LogP contribution in [0, 0.1) is 18.8 Å². The number of rotatable bonds is 6. The average molecular weight is 522 g/mol. The van der Waals surface area contributed by atoms with Gasteiger partial charge in [-0.3, -0.25) is 9.20 Å². The van der Waals surface area contributed by atoms with Crippen LogP contribution in [0.4, 0.5) is 19.0 Å². The van der Waals surface area contributed by atoms with Crippen molar-refractivity contribution in [1.82, 2.24) is 18.7 Å². The van der Waals surface area contributed by atoms with Crippen molar-refractivity contribution in [3.63, 3.8) is 0 Å². The number of nitrogen functional groups attached to an aromatic ring is 1. The first kappa shape index (κ1) is 24.7. The number of hydrogen-bond acceptors (Lipinski definition) is 6. The van der Waals surface area contributed by atoms with Gasteiger partial charge in [0, 0.05) is 37.2 Å². The van der Waals surface area contributed by atoms with Crippen LogP contribution in [-0.4, -0.2) is 46.0 Å². The number of aryl methyl sites for hydroxylation is 1. The van der Waals surface area contributed by atoms with Crippen LogP contribution in [-0.2, 0) is 21.0 Å². The number of carbonyl (C=O) groups is 1. The third-order valence-corrected chi connectivity index (χ3v) is 8.80. The lowest BCUT2D eigenvalue weighted by atomic mass is 9.93. The molecule has 5 rings (SSSR count). The van der Waals surface area contributed by atoms with Gasteiger partial charge in [-0.25, -0.2) is 18.4 Å². The molecule has 3 aromatic rings. The number of carbonyl (C=O) groups excluding carboxylic acids is 1. The lowest BCUT2D eigenvalue weighted by Gasteiger charge is -2.32. The molecule has 0 spiro atoms. The summed E-state index contributed by atoms with van der Waals surface area (Å²) in [6.07, 6.45) is 1.17. The molecule has 1 aromatic carbocycles. The molecule has 192 valence electrons. The van der Waals surface area contributed by atoms with Gasteiger partial charge in [0.05, 0.1) is 16.8 Å². The molecule has 1 saturated heterocycles. The molecule has 2 aromatic heterocycles. The summed E-state index contributed by atoms with van der Waals surface area (Å²) in [7, 11) is -3.88. The van der Waals surface area contributed by atoms with E-state index in [1.54, 1.807) is 13.0 Å². The van der Waals surface area contributed by atoms with Gasteiger partial charge in [0.15, 0.2) is 17.2 Å². The molecule has 1 aliphatic heterocycles. The number of benzene rings is 1. The Balaban J connectivity index is 1.49. The van der Waals surface area contributed by atoms with Crippen molar-refractivity contribution >= 4 is 27.3 Å². The zero-order chi connectivity index (χ0) is 25.8.